The van der Waals surface area contributed by atoms with Crippen molar-refractivity contribution >= 4 is 6.09 Å². The van der Waals surface area contributed by atoms with E-state index in [0.29, 0.717) is 13.1 Å². The number of nitrogens with zero attached hydrogens (tertiary/aromatic N) is 1. The third kappa shape index (κ3) is 5.80. The van der Waals surface area contributed by atoms with E-state index >= 15 is 0 Å². The number of benzene rings is 1. The van der Waals surface area contributed by atoms with Crippen molar-refractivity contribution < 1.29 is 14.6 Å². The molecule has 1 amide bonds. The van der Waals surface area contributed by atoms with Crippen molar-refractivity contribution in [2.75, 3.05) is 19.6 Å². The maximum Gasteiger partial charge on any atom is 0.407 e. The van der Waals surface area contributed by atoms with Gasteiger partial charge in [0.2, 0.25) is 0 Å². The normalized spacial score (nSPS) is 25.3. The molecule has 1 saturated heterocycles. The van der Waals surface area contributed by atoms with Gasteiger partial charge in [0.25, 0.3) is 0 Å². The number of hydrogen-bond donors (Lipinski definition) is 2. The molecule has 134 valence electrons. The van der Waals surface area contributed by atoms with Crippen molar-refractivity contribution in [3.8, 4) is 0 Å². The fraction of sp³-hybridized carbons (Fsp3) is 0.632. The van der Waals surface area contributed by atoms with E-state index in [1.165, 1.54) is 5.56 Å². The van der Waals surface area contributed by atoms with Crippen LogP contribution in [0.5, 0.6) is 0 Å². The monoisotopic (exact) mass is 334 g/mol. The Morgan fingerprint density at radius 2 is 2.04 bits per heavy atom. The first-order valence-electron chi connectivity index (χ1n) is 8.61. The molecule has 5 heteroatoms. The molecule has 2 rings (SSSR count). The molecule has 0 unspecified atom stereocenters. The molecular weight excluding hydrogens is 304 g/mol. The highest BCUT2D eigenvalue weighted by molar-refractivity contribution is 5.67. The lowest BCUT2D eigenvalue weighted by molar-refractivity contribution is -0.0646. The molecule has 0 radical (unpaired) electrons. The molecule has 0 spiro atoms. The Labute approximate surface area is 145 Å². The zero-order chi connectivity index (χ0) is 17.8. The zero-order valence-electron chi connectivity index (χ0n) is 15.2. The van der Waals surface area contributed by atoms with Gasteiger partial charge in [-0.25, -0.2) is 4.79 Å². The Bertz CT molecular complexity index is 537. The summed E-state index contributed by atoms with van der Waals surface area (Å²) < 4.78 is 5.25. The number of piperidine rings is 1. The minimum atomic E-state index is -0.831. The van der Waals surface area contributed by atoms with E-state index in [4.69, 9.17) is 4.74 Å². The molecular formula is C19H30N2O3. The number of hydrogen-bond acceptors (Lipinski definition) is 4. The van der Waals surface area contributed by atoms with Gasteiger partial charge in [-0.3, -0.25) is 4.90 Å². The van der Waals surface area contributed by atoms with Gasteiger partial charge in [-0.15, -0.1) is 0 Å². The van der Waals surface area contributed by atoms with Crippen molar-refractivity contribution in [3.63, 3.8) is 0 Å². The summed E-state index contributed by atoms with van der Waals surface area (Å²) in [5.74, 6) is 0.0250. The van der Waals surface area contributed by atoms with Gasteiger partial charge in [-0.2, -0.15) is 0 Å². The molecule has 1 aliphatic heterocycles. The van der Waals surface area contributed by atoms with Gasteiger partial charge < -0.3 is 15.2 Å². The average Bonchev–Trinajstić information content (AvgIpc) is 2.44. The fourth-order valence-electron chi connectivity index (χ4n) is 3.13. The average molecular weight is 334 g/mol. The van der Waals surface area contributed by atoms with Crippen molar-refractivity contribution in [2.45, 2.75) is 51.9 Å². The topological polar surface area (TPSA) is 61.8 Å². The van der Waals surface area contributed by atoms with Crippen molar-refractivity contribution in [3.05, 3.63) is 35.9 Å². The van der Waals surface area contributed by atoms with Crippen LogP contribution in [-0.2, 0) is 11.3 Å². The Balaban J connectivity index is 1.84. The minimum absolute atomic E-state index is 0.0250. The lowest BCUT2D eigenvalue weighted by atomic mass is 9.82. The summed E-state index contributed by atoms with van der Waals surface area (Å²) in [6.45, 7) is 10.1. The summed E-state index contributed by atoms with van der Waals surface area (Å²) in [6.07, 6.45) is 0.417. The molecule has 1 aromatic carbocycles. The number of β-amino-alcohol motifs (C(OH)–C–C–N with tert-alkyl or cyclic N) is 1. The second kappa shape index (κ2) is 7.53. The molecule has 2 atom stereocenters. The van der Waals surface area contributed by atoms with E-state index in [0.717, 1.165) is 19.5 Å². The smallest absolute Gasteiger partial charge is 0.407 e. The Morgan fingerprint density at radius 3 is 2.62 bits per heavy atom. The van der Waals surface area contributed by atoms with Gasteiger partial charge in [-0.05, 0) is 46.2 Å². The fourth-order valence-corrected chi connectivity index (χ4v) is 3.13. The molecule has 5 nitrogen and oxygen atoms in total. The van der Waals surface area contributed by atoms with Crippen LogP contribution in [-0.4, -0.2) is 46.9 Å². The van der Waals surface area contributed by atoms with Crippen LogP contribution in [0.4, 0.5) is 4.79 Å². The van der Waals surface area contributed by atoms with E-state index in [1.807, 2.05) is 45.9 Å². The summed E-state index contributed by atoms with van der Waals surface area (Å²) in [4.78, 5) is 14.1. The SMILES string of the molecule is CC(C)(C)OC(=O)NC[C@H]1CCN(Cc2ccccc2)C[C@]1(C)O. The van der Waals surface area contributed by atoms with Gasteiger partial charge >= 0.3 is 6.09 Å². The standard InChI is InChI=1S/C19H30N2O3/c1-18(2,3)24-17(22)20-12-16-10-11-21(14-19(16,4)23)13-15-8-6-5-7-9-15/h5-9,16,23H,10-14H2,1-4H3,(H,20,22)/t16-,19+/m1/s1. The molecule has 1 aliphatic rings. The van der Waals surface area contributed by atoms with Crippen LogP contribution in [0.1, 0.15) is 39.7 Å². The lowest BCUT2D eigenvalue weighted by Gasteiger charge is -2.43. The summed E-state index contributed by atoms with van der Waals surface area (Å²) in [7, 11) is 0. The van der Waals surface area contributed by atoms with Gasteiger partial charge in [0.05, 0.1) is 5.60 Å². The third-order valence-corrected chi connectivity index (χ3v) is 4.36. The van der Waals surface area contributed by atoms with Crippen LogP contribution in [0.2, 0.25) is 0 Å². The highest BCUT2D eigenvalue weighted by atomic mass is 16.6. The van der Waals surface area contributed by atoms with E-state index in [-0.39, 0.29) is 5.92 Å². The number of carbonyl (C=O) groups is 1. The zero-order valence-corrected chi connectivity index (χ0v) is 15.2. The van der Waals surface area contributed by atoms with Crippen LogP contribution >= 0.6 is 0 Å². The predicted octanol–water partition coefficient (Wildman–Crippen LogP) is 2.78. The number of carbonyl (C=O) groups excluding carboxylic acids is 1. The maximum atomic E-state index is 11.8. The molecule has 0 aromatic heterocycles. The molecule has 1 aromatic rings. The first kappa shape index (κ1) is 18.7. The second-order valence-electron chi connectivity index (χ2n) is 7.92. The van der Waals surface area contributed by atoms with Crippen LogP contribution in [0.3, 0.4) is 0 Å². The summed E-state index contributed by atoms with van der Waals surface area (Å²) in [5, 5.41) is 13.6. The number of rotatable bonds is 4. The minimum Gasteiger partial charge on any atom is -0.444 e. The highest BCUT2D eigenvalue weighted by Crippen LogP contribution is 2.28. The quantitative estimate of drug-likeness (QED) is 0.889. The predicted molar refractivity (Wildman–Crippen MR) is 94.7 cm³/mol. The molecule has 0 saturated carbocycles. The second-order valence-corrected chi connectivity index (χ2v) is 7.92. The molecule has 1 fully saturated rings. The summed E-state index contributed by atoms with van der Waals surface area (Å²) in [5.41, 5.74) is -0.0909. The van der Waals surface area contributed by atoms with Crippen LogP contribution in [0.15, 0.2) is 30.3 Å². The van der Waals surface area contributed by atoms with E-state index in [1.54, 1.807) is 0 Å². The van der Waals surface area contributed by atoms with Gasteiger partial charge in [-0.1, -0.05) is 30.3 Å². The van der Waals surface area contributed by atoms with E-state index < -0.39 is 17.3 Å². The lowest BCUT2D eigenvalue weighted by Crippen LogP contribution is -2.54. The summed E-state index contributed by atoms with van der Waals surface area (Å²) >= 11 is 0. The number of nitrogens with one attached hydrogen (secondary N) is 1. The summed E-state index contributed by atoms with van der Waals surface area (Å²) in [6, 6.07) is 10.3. The van der Waals surface area contributed by atoms with Gasteiger partial charge in [0.15, 0.2) is 0 Å². The Hall–Kier alpha value is -1.59. The van der Waals surface area contributed by atoms with Crippen LogP contribution in [0.25, 0.3) is 0 Å². The molecule has 2 N–H and O–H groups in total. The Kier molecular flexibility index (Phi) is 5.88. The van der Waals surface area contributed by atoms with Crippen LogP contribution < -0.4 is 5.32 Å². The third-order valence-electron chi connectivity index (χ3n) is 4.36. The number of aliphatic hydroxyl groups is 1. The number of alkyl carbamates (subject to hydrolysis) is 1. The van der Waals surface area contributed by atoms with Crippen LogP contribution in [0, 0.1) is 5.92 Å². The van der Waals surface area contributed by atoms with Gasteiger partial charge in [0.1, 0.15) is 5.60 Å². The molecule has 1 heterocycles. The van der Waals surface area contributed by atoms with Gasteiger partial charge in [0, 0.05) is 25.6 Å². The molecule has 24 heavy (non-hydrogen) atoms. The van der Waals surface area contributed by atoms with Crippen molar-refractivity contribution in [1.82, 2.24) is 10.2 Å². The first-order chi connectivity index (χ1) is 11.2. The van der Waals surface area contributed by atoms with Crippen molar-refractivity contribution in [2.24, 2.45) is 5.92 Å². The van der Waals surface area contributed by atoms with Crippen molar-refractivity contribution in [1.29, 1.82) is 0 Å². The maximum absolute atomic E-state index is 11.8. The number of likely N-dealkylation sites (tertiary alicyclic amines) is 1. The molecule has 0 bridgehead atoms. The van der Waals surface area contributed by atoms with E-state index in [2.05, 4.69) is 22.3 Å². The number of ether oxygens (including phenoxy) is 1. The largest absolute Gasteiger partial charge is 0.444 e. The highest BCUT2D eigenvalue weighted by Gasteiger charge is 2.38. The van der Waals surface area contributed by atoms with E-state index in [9.17, 15) is 9.90 Å². The Morgan fingerprint density at radius 1 is 1.38 bits per heavy atom. The first-order valence-corrected chi connectivity index (χ1v) is 8.61. The number of amides is 1. The molecule has 0 aliphatic carbocycles.